The summed E-state index contributed by atoms with van der Waals surface area (Å²) in [7, 11) is -3.49. The van der Waals surface area contributed by atoms with Crippen molar-refractivity contribution in [3.63, 3.8) is 0 Å². The van der Waals surface area contributed by atoms with Gasteiger partial charge < -0.3 is 5.32 Å². The number of carbonyl (C=O) groups is 1. The van der Waals surface area contributed by atoms with Gasteiger partial charge in [0.25, 0.3) is 0 Å². The van der Waals surface area contributed by atoms with E-state index in [4.69, 9.17) is 0 Å². The smallest absolute Gasteiger partial charge is 0.244 e. The molecule has 0 spiro atoms. The summed E-state index contributed by atoms with van der Waals surface area (Å²) < 4.78 is 49.1. The number of halogens is 2. The minimum Gasteiger partial charge on any atom is -0.301 e. The average molecular weight is 360 g/mol. The summed E-state index contributed by atoms with van der Waals surface area (Å²) in [6.45, 7) is 1.28. The molecule has 0 aliphatic rings. The van der Waals surface area contributed by atoms with Gasteiger partial charge in [0.05, 0.1) is 0 Å². The highest BCUT2D eigenvalue weighted by Gasteiger charge is 2.24. The molecule has 0 saturated carbocycles. The number of thiazole rings is 1. The van der Waals surface area contributed by atoms with Crippen molar-refractivity contribution in [2.75, 3.05) is 11.6 Å². The van der Waals surface area contributed by atoms with Crippen molar-refractivity contribution >= 4 is 32.2 Å². The molecule has 0 aliphatic carbocycles. The second-order valence-corrected chi connectivity index (χ2v) is 8.49. The van der Waals surface area contributed by atoms with E-state index in [-0.39, 0.29) is 11.6 Å². The number of nitrogens with zero attached hydrogens (tertiary/aromatic N) is 1. The Morgan fingerprint density at radius 3 is 2.70 bits per heavy atom. The monoisotopic (exact) mass is 360 g/mol. The molecule has 2 aromatic rings. The third kappa shape index (κ3) is 4.55. The fraction of sp³-hybridized carbons (Fsp3) is 0.286. The van der Waals surface area contributed by atoms with Crippen LogP contribution in [0.3, 0.4) is 0 Å². The van der Waals surface area contributed by atoms with Gasteiger partial charge in [0, 0.05) is 29.8 Å². The second-order valence-electron chi connectivity index (χ2n) is 5.01. The Balaban J connectivity index is 2.08. The summed E-state index contributed by atoms with van der Waals surface area (Å²) in [5, 5.41) is 1.45. The molecule has 0 saturated heterocycles. The summed E-state index contributed by atoms with van der Waals surface area (Å²) in [6.07, 6.45) is 2.62. The molecular weight excluding hydrogens is 346 g/mol. The van der Waals surface area contributed by atoms with Crippen LogP contribution in [0.4, 0.5) is 13.9 Å². The summed E-state index contributed by atoms with van der Waals surface area (Å²) in [5.74, 6) is -1.99. The maximum atomic E-state index is 13.6. The van der Waals surface area contributed by atoms with Crippen LogP contribution in [-0.4, -0.2) is 30.8 Å². The quantitative estimate of drug-likeness (QED) is 0.888. The van der Waals surface area contributed by atoms with Gasteiger partial charge in [-0.3, -0.25) is 4.79 Å². The van der Waals surface area contributed by atoms with E-state index >= 15 is 0 Å². The maximum Gasteiger partial charge on any atom is 0.244 e. The van der Waals surface area contributed by atoms with Gasteiger partial charge in [-0.25, -0.2) is 22.2 Å². The van der Waals surface area contributed by atoms with E-state index in [0.717, 1.165) is 29.7 Å². The van der Waals surface area contributed by atoms with E-state index in [1.54, 1.807) is 0 Å². The minimum absolute atomic E-state index is 0.196. The fourth-order valence-corrected chi connectivity index (χ4v) is 2.99. The number of carbonyl (C=O) groups excluding carboxylic acids is 1. The van der Waals surface area contributed by atoms with Gasteiger partial charge in [-0.05, 0) is 18.6 Å². The molecule has 0 fully saturated rings. The van der Waals surface area contributed by atoms with Crippen LogP contribution in [-0.2, 0) is 21.1 Å². The molecule has 1 amide bonds. The zero-order valence-corrected chi connectivity index (χ0v) is 14.0. The second kappa shape index (κ2) is 6.71. The van der Waals surface area contributed by atoms with Crippen LogP contribution in [0.1, 0.15) is 17.4 Å². The normalized spacial score (nSPS) is 12.9. The van der Waals surface area contributed by atoms with Crippen molar-refractivity contribution in [1.29, 1.82) is 0 Å². The van der Waals surface area contributed by atoms with Crippen LogP contribution in [0.2, 0.25) is 0 Å². The highest BCUT2D eigenvalue weighted by Crippen LogP contribution is 2.23. The van der Waals surface area contributed by atoms with Gasteiger partial charge in [0.1, 0.15) is 16.9 Å². The van der Waals surface area contributed by atoms with Crippen molar-refractivity contribution < 1.29 is 22.0 Å². The molecule has 2 rings (SSSR count). The summed E-state index contributed by atoms with van der Waals surface area (Å²) in [6, 6.07) is 3.30. The van der Waals surface area contributed by atoms with Crippen LogP contribution in [0.15, 0.2) is 24.4 Å². The van der Waals surface area contributed by atoms with Crippen LogP contribution in [0.5, 0.6) is 0 Å². The molecule has 9 heteroatoms. The number of amides is 1. The Bertz CT molecular complexity index is 834. The Kier molecular flexibility index (Phi) is 5.10. The molecule has 23 heavy (non-hydrogen) atoms. The molecule has 1 heterocycles. The van der Waals surface area contributed by atoms with E-state index in [0.29, 0.717) is 10.4 Å². The highest BCUT2D eigenvalue weighted by atomic mass is 32.2. The Morgan fingerprint density at radius 2 is 2.09 bits per heavy atom. The first-order valence-corrected chi connectivity index (χ1v) is 9.32. The standard InChI is InChI=1S/C14H14F2N2O3S2/c1-8(23(2,20)21)13(19)18-14-17-7-11(22-14)5-9-3-4-10(15)6-12(9)16/h3-4,6-8H,5H2,1-2H3,(H,17,18,19)/t8-/m0/s1. The first-order valence-electron chi connectivity index (χ1n) is 6.55. The summed E-state index contributed by atoms with van der Waals surface area (Å²) in [4.78, 5) is 16.4. The van der Waals surface area contributed by atoms with Crippen LogP contribution < -0.4 is 5.32 Å². The Hall–Kier alpha value is -1.87. The maximum absolute atomic E-state index is 13.6. The zero-order valence-electron chi connectivity index (χ0n) is 12.3. The lowest BCUT2D eigenvalue weighted by molar-refractivity contribution is -0.115. The van der Waals surface area contributed by atoms with Crippen LogP contribution >= 0.6 is 11.3 Å². The molecule has 0 radical (unpaired) electrons. The van der Waals surface area contributed by atoms with Crippen LogP contribution in [0, 0.1) is 11.6 Å². The third-order valence-electron chi connectivity index (χ3n) is 3.17. The van der Waals surface area contributed by atoms with Gasteiger partial charge in [-0.15, -0.1) is 11.3 Å². The highest BCUT2D eigenvalue weighted by molar-refractivity contribution is 7.92. The van der Waals surface area contributed by atoms with E-state index in [1.807, 2.05) is 0 Å². The van der Waals surface area contributed by atoms with Gasteiger partial charge in [-0.2, -0.15) is 0 Å². The van der Waals surface area contributed by atoms with Gasteiger partial charge >= 0.3 is 0 Å². The molecule has 124 valence electrons. The van der Waals surface area contributed by atoms with Gasteiger partial charge in [0.15, 0.2) is 15.0 Å². The number of hydrogen-bond acceptors (Lipinski definition) is 5. The minimum atomic E-state index is -3.49. The summed E-state index contributed by atoms with van der Waals surface area (Å²) >= 11 is 1.10. The molecule has 1 atom stereocenters. The molecular formula is C14H14F2N2O3S2. The number of aromatic nitrogens is 1. The molecule has 5 nitrogen and oxygen atoms in total. The largest absolute Gasteiger partial charge is 0.301 e. The number of nitrogens with one attached hydrogen (secondary N) is 1. The Morgan fingerprint density at radius 1 is 1.39 bits per heavy atom. The summed E-state index contributed by atoms with van der Waals surface area (Å²) in [5.41, 5.74) is 0.303. The molecule has 1 N–H and O–H groups in total. The number of anilines is 1. The van der Waals surface area contributed by atoms with Crippen LogP contribution in [0.25, 0.3) is 0 Å². The van der Waals surface area contributed by atoms with Crippen molar-refractivity contribution in [2.24, 2.45) is 0 Å². The lowest BCUT2D eigenvalue weighted by Crippen LogP contribution is -2.31. The zero-order chi connectivity index (χ0) is 17.2. The lowest BCUT2D eigenvalue weighted by Gasteiger charge is -2.07. The molecule has 1 aromatic heterocycles. The van der Waals surface area contributed by atoms with E-state index < -0.39 is 32.6 Å². The molecule has 0 bridgehead atoms. The van der Waals surface area contributed by atoms with Gasteiger partial charge in [-0.1, -0.05) is 6.07 Å². The third-order valence-corrected chi connectivity index (χ3v) is 5.59. The topological polar surface area (TPSA) is 76.1 Å². The molecule has 0 unspecified atom stereocenters. The average Bonchev–Trinajstić information content (AvgIpc) is 2.87. The fourth-order valence-electron chi connectivity index (χ4n) is 1.70. The van der Waals surface area contributed by atoms with E-state index in [1.165, 1.54) is 19.2 Å². The Labute approximate surface area is 136 Å². The first-order chi connectivity index (χ1) is 10.7. The van der Waals surface area contributed by atoms with Crippen molar-refractivity contribution in [2.45, 2.75) is 18.6 Å². The van der Waals surface area contributed by atoms with Gasteiger partial charge in [0.2, 0.25) is 5.91 Å². The number of sulfone groups is 1. The molecule has 0 aliphatic heterocycles. The predicted octanol–water partition coefficient (Wildman–Crippen LogP) is 2.38. The molecule has 1 aromatic carbocycles. The van der Waals surface area contributed by atoms with E-state index in [9.17, 15) is 22.0 Å². The van der Waals surface area contributed by atoms with Crippen molar-refractivity contribution in [3.05, 3.63) is 46.5 Å². The number of benzene rings is 1. The van der Waals surface area contributed by atoms with E-state index in [2.05, 4.69) is 10.3 Å². The SMILES string of the molecule is C[C@@H](C(=O)Nc1ncc(Cc2ccc(F)cc2F)s1)S(C)(=O)=O. The van der Waals surface area contributed by atoms with Crippen molar-refractivity contribution in [3.8, 4) is 0 Å². The number of rotatable bonds is 5. The van der Waals surface area contributed by atoms with Crippen molar-refractivity contribution in [1.82, 2.24) is 4.98 Å². The first kappa shape index (κ1) is 17.5. The number of hydrogen-bond donors (Lipinski definition) is 1. The predicted molar refractivity (Wildman–Crippen MR) is 84.2 cm³/mol. The lowest BCUT2D eigenvalue weighted by atomic mass is 10.1.